The smallest absolute Gasteiger partial charge is 0.312 e. The Labute approximate surface area is 137 Å². The molecule has 1 aromatic carbocycles. The number of methoxy groups -OCH3 is 2. The SMILES string of the molecule is COC(=O)[C@]1(C)CC[C@@H](/C(=N/O)c2ccc(OC)cc2)C1(C)C. The minimum Gasteiger partial charge on any atom is -0.497 e. The Morgan fingerprint density at radius 3 is 2.30 bits per heavy atom. The number of oxime groups is 1. The number of carbonyl (C=O) groups excluding carboxylic acids is 1. The van der Waals surface area contributed by atoms with Gasteiger partial charge >= 0.3 is 5.97 Å². The standard InChI is InChI=1S/C18H25NO4/c1-17(2)14(10-11-18(17,3)16(20)23-5)15(19-21)12-6-8-13(22-4)9-7-12/h6-9,14,21H,10-11H2,1-5H3/b19-15+/t14-,18-/m0/s1. The molecule has 1 N–H and O–H groups in total. The van der Waals surface area contributed by atoms with Gasteiger partial charge in [0.15, 0.2) is 0 Å². The van der Waals surface area contributed by atoms with Crippen molar-refractivity contribution in [3.8, 4) is 5.75 Å². The molecule has 0 amide bonds. The second-order valence-corrected chi connectivity index (χ2v) is 6.85. The molecular formula is C18H25NO4. The zero-order valence-corrected chi connectivity index (χ0v) is 14.4. The molecule has 1 aromatic rings. The highest BCUT2D eigenvalue weighted by molar-refractivity contribution is 6.03. The van der Waals surface area contributed by atoms with Crippen LogP contribution in [0.4, 0.5) is 0 Å². The molecule has 0 aromatic heterocycles. The van der Waals surface area contributed by atoms with Crippen LogP contribution in [-0.2, 0) is 9.53 Å². The fraction of sp³-hybridized carbons (Fsp3) is 0.556. The first kappa shape index (κ1) is 17.3. The summed E-state index contributed by atoms with van der Waals surface area (Å²) in [6.45, 7) is 6.01. The van der Waals surface area contributed by atoms with Gasteiger partial charge < -0.3 is 14.7 Å². The van der Waals surface area contributed by atoms with Crippen molar-refractivity contribution in [3.63, 3.8) is 0 Å². The van der Waals surface area contributed by atoms with Crippen LogP contribution in [0.25, 0.3) is 0 Å². The molecule has 0 bridgehead atoms. The van der Waals surface area contributed by atoms with Crippen molar-refractivity contribution in [1.82, 2.24) is 0 Å². The van der Waals surface area contributed by atoms with E-state index in [0.717, 1.165) is 17.7 Å². The van der Waals surface area contributed by atoms with Crippen LogP contribution in [-0.4, -0.2) is 31.1 Å². The third kappa shape index (κ3) is 2.69. The minimum absolute atomic E-state index is 0.0370. The lowest BCUT2D eigenvalue weighted by Crippen LogP contribution is -2.43. The Morgan fingerprint density at radius 1 is 1.22 bits per heavy atom. The van der Waals surface area contributed by atoms with E-state index in [-0.39, 0.29) is 17.3 Å². The summed E-state index contributed by atoms with van der Waals surface area (Å²) in [6, 6.07) is 7.42. The molecule has 0 radical (unpaired) electrons. The van der Waals surface area contributed by atoms with Crippen molar-refractivity contribution in [2.45, 2.75) is 33.6 Å². The van der Waals surface area contributed by atoms with Gasteiger partial charge in [-0.1, -0.05) is 19.0 Å². The van der Waals surface area contributed by atoms with E-state index in [9.17, 15) is 10.0 Å². The molecule has 1 aliphatic rings. The van der Waals surface area contributed by atoms with Crippen LogP contribution in [0, 0.1) is 16.7 Å². The highest BCUT2D eigenvalue weighted by Crippen LogP contribution is 2.57. The van der Waals surface area contributed by atoms with E-state index in [1.807, 2.05) is 45.0 Å². The molecule has 1 aliphatic carbocycles. The molecule has 5 heteroatoms. The number of hydrogen-bond donors (Lipinski definition) is 1. The van der Waals surface area contributed by atoms with E-state index >= 15 is 0 Å². The number of hydrogen-bond acceptors (Lipinski definition) is 5. The van der Waals surface area contributed by atoms with E-state index < -0.39 is 5.41 Å². The van der Waals surface area contributed by atoms with Crippen molar-refractivity contribution in [3.05, 3.63) is 29.8 Å². The first-order valence-corrected chi connectivity index (χ1v) is 7.76. The highest BCUT2D eigenvalue weighted by atomic mass is 16.5. The third-order valence-electron chi connectivity index (χ3n) is 5.69. The van der Waals surface area contributed by atoms with E-state index in [1.165, 1.54) is 7.11 Å². The van der Waals surface area contributed by atoms with Gasteiger partial charge in [0, 0.05) is 5.92 Å². The lowest BCUT2D eigenvalue weighted by Gasteiger charge is -2.39. The average molecular weight is 319 g/mol. The second kappa shape index (κ2) is 6.22. The topological polar surface area (TPSA) is 68.1 Å². The number of benzene rings is 1. The zero-order chi connectivity index (χ0) is 17.3. The Kier molecular flexibility index (Phi) is 4.68. The number of ether oxygens (including phenoxy) is 2. The molecule has 23 heavy (non-hydrogen) atoms. The first-order chi connectivity index (χ1) is 10.8. The first-order valence-electron chi connectivity index (χ1n) is 7.76. The van der Waals surface area contributed by atoms with Crippen molar-refractivity contribution < 1.29 is 19.5 Å². The van der Waals surface area contributed by atoms with Crippen LogP contribution in [0.3, 0.4) is 0 Å². The van der Waals surface area contributed by atoms with Crippen molar-refractivity contribution in [2.24, 2.45) is 21.9 Å². The molecule has 0 spiro atoms. The average Bonchev–Trinajstić information content (AvgIpc) is 2.80. The van der Waals surface area contributed by atoms with Gasteiger partial charge in [-0.25, -0.2) is 0 Å². The molecule has 0 saturated heterocycles. The molecule has 0 heterocycles. The molecule has 2 atom stereocenters. The van der Waals surface area contributed by atoms with Crippen LogP contribution in [0.2, 0.25) is 0 Å². The van der Waals surface area contributed by atoms with E-state index in [1.54, 1.807) is 7.11 Å². The monoisotopic (exact) mass is 319 g/mol. The quantitative estimate of drug-likeness (QED) is 0.399. The molecule has 126 valence electrons. The fourth-order valence-electron chi connectivity index (χ4n) is 3.66. The van der Waals surface area contributed by atoms with Gasteiger partial charge in [-0.05, 0) is 55.0 Å². The fourth-order valence-corrected chi connectivity index (χ4v) is 3.66. The summed E-state index contributed by atoms with van der Waals surface area (Å²) in [7, 11) is 3.03. The lowest BCUT2D eigenvalue weighted by atomic mass is 9.64. The normalized spacial score (nSPS) is 26.8. The van der Waals surface area contributed by atoms with E-state index in [0.29, 0.717) is 12.1 Å². The van der Waals surface area contributed by atoms with Gasteiger partial charge in [0.1, 0.15) is 5.75 Å². The zero-order valence-electron chi connectivity index (χ0n) is 14.4. The van der Waals surface area contributed by atoms with E-state index in [2.05, 4.69) is 5.16 Å². The Hall–Kier alpha value is -2.04. The molecular weight excluding hydrogens is 294 g/mol. The Bertz CT molecular complexity index is 606. The molecule has 2 rings (SSSR count). The van der Waals surface area contributed by atoms with Gasteiger partial charge in [0.2, 0.25) is 0 Å². The number of nitrogens with zero attached hydrogens (tertiary/aromatic N) is 1. The maximum atomic E-state index is 12.3. The van der Waals surface area contributed by atoms with Crippen LogP contribution in [0.15, 0.2) is 29.4 Å². The molecule has 5 nitrogen and oxygen atoms in total. The van der Waals surface area contributed by atoms with Crippen LogP contribution >= 0.6 is 0 Å². The molecule has 0 aliphatic heterocycles. The number of esters is 1. The van der Waals surface area contributed by atoms with Gasteiger partial charge in [0.25, 0.3) is 0 Å². The summed E-state index contributed by atoms with van der Waals surface area (Å²) in [5.74, 6) is 0.498. The molecule has 0 unspecified atom stereocenters. The summed E-state index contributed by atoms with van der Waals surface area (Å²) in [4.78, 5) is 12.3. The Morgan fingerprint density at radius 2 is 1.83 bits per heavy atom. The summed E-state index contributed by atoms with van der Waals surface area (Å²) in [6.07, 6.45) is 1.47. The summed E-state index contributed by atoms with van der Waals surface area (Å²) < 4.78 is 10.2. The largest absolute Gasteiger partial charge is 0.497 e. The minimum atomic E-state index is -0.602. The van der Waals surface area contributed by atoms with Gasteiger partial charge in [-0.3, -0.25) is 4.79 Å². The highest BCUT2D eigenvalue weighted by Gasteiger charge is 2.58. The number of carbonyl (C=O) groups is 1. The predicted molar refractivity (Wildman–Crippen MR) is 87.9 cm³/mol. The second-order valence-electron chi connectivity index (χ2n) is 6.85. The number of rotatable bonds is 4. The van der Waals surface area contributed by atoms with Crippen molar-refractivity contribution in [1.29, 1.82) is 0 Å². The maximum absolute atomic E-state index is 12.3. The molecule has 1 saturated carbocycles. The predicted octanol–water partition coefficient (Wildman–Crippen LogP) is 3.49. The van der Waals surface area contributed by atoms with E-state index in [4.69, 9.17) is 9.47 Å². The van der Waals surface area contributed by atoms with Crippen LogP contribution < -0.4 is 4.74 Å². The summed E-state index contributed by atoms with van der Waals surface area (Å²) in [5, 5.41) is 13.2. The van der Waals surface area contributed by atoms with Crippen LogP contribution in [0.1, 0.15) is 39.2 Å². The van der Waals surface area contributed by atoms with Crippen molar-refractivity contribution in [2.75, 3.05) is 14.2 Å². The maximum Gasteiger partial charge on any atom is 0.312 e. The summed E-state index contributed by atoms with van der Waals surface area (Å²) in [5.41, 5.74) is 0.446. The van der Waals surface area contributed by atoms with Gasteiger partial charge in [-0.15, -0.1) is 0 Å². The Balaban J connectivity index is 2.37. The van der Waals surface area contributed by atoms with Gasteiger partial charge in [-0.2, -0.15) is 0 Å². The van der Waals surface area contributed by atoms with Crippen molar-refractivity contribution >= 4 is 11.7 Å². The summed E-state index contributed by atoms with van der Waals surface area (Å²) >= 11 is 0. The van der Waals surface area contributed by atoms with Gasteiger partial charge in [0.05, 0.1) is 25.3 Å². The lowest BCUT2D eigenvalue weighted by molar-refractivity contribution is -0.157. The molecule has 1 fully saturated rings. The third-order valence-corrected chi connectivity index (χ3v) is 5.69. The van der Waals surface area contributed by atoms with Crippen LogP contribution in [0.5, 0.6) is 5.75 Å².